The molecule has 0 radical (unpaired) electrons. The van der Waals surface area contributed by atoms with Gasteiger partial charge in [0.1, 0.15) is 11.6 Å². The van der Waals surface area contributed by atoms with Crippen molar-refractivity contribution in [2.45, 2.75) is 12.8 Å². The van der Waals surface area contributed by atoms with Crippen LogP contribution >= 0.6 is 15.9 Å². The number of benzene rings is 2. The zero-order valence-corrected chi connectivity index (χ0v) is 13.5. The van der Waals surface area contributed by atoms with Gasteiger partial charge in [0.25, 0.3) is 0 Å². The van der Waals surface area contributed by atoms with Crippen LogP contribution in [0.15, 0.2) is 46.9 Å². The van der Waals surface area contributed by atoms with Gasteiger partial charge in [0.2, 0.25) is 0 Å². The smallest absolute Gasteiger partial charge is 0.137 e. The molecule has 0 aliphatic rings. The minimum absolute atomic E-state index is 0.183. The molecule has 0 amide bonds. The molecule has 1 unspecified atom stereocenters. The van der Waals surface area contributed by atoms with E-state index in [9.17, 15) is 8.78 Å². The minimum atomic E-state index is -0.262. The second kappa shape index (κ2) is 7.66. The van der Waals surface area contributed by atoms with E-state index in [-0.39, 0.29) is 17.6 Å². The van der Waals surface area contributed by atoms with Gasteiger partial charge in [-0.05, 0) is 71.5 Å². The second-order valence-electron chi connectivity index (χ2n) is 5.14. The molecule has 1 atom stereocenters. The van der Waals surface area contributed by atoms with E-state index in [0.29, 0.717) is 22.9 Å². The van der Waals surface area contributed by atoms with E-state index >= 15 is 0 Å². The molecule has 21 heavy (non-hydrogen) atoms. The van der Waals surface area contributed by atoms with Crippen molar-refractivity contribution in [3.63, 3.8) is 0 Å². The number of nitrogens with one attached hydrogen (secondary N) is 1. The summed E-state index contributed by atoms with van der Waals surface area (Å²) in [7, 11) is 1.87. The molecule has 0 aliphatic heterocycles. The Bertz CT molecular complexity index is 601. The van der Waals surface area contributed by atoms with Crippen molar-refractivity contribution in [1.82, 2.24) is 5.32 Å². The molecule has 2 aromatic rings. The largest absolute Gasteiger partial charge is 0.319 e. The Morgan fingerprint density at radius 1 is 0.952 bits per heavy atom. The van der Waals surface area contributed by atoms with Crippen LogP contribution < -0.4 is 5.32 Å². The molecule has 1 nitrogen and oxygen atoms in total. The fourth-order valence-electron chi connectivity index (χ4n) is 2.50. The number of halogens is 3. The average Bonchev–Trinajstić information content (AvgIpc) is 2.46. The van der Waals surface area contributed by atoms with Crippen molar-refractivity contribution in [2.24, 2.45) is 5.92 Å². The molecular formula is C17H18BrF2N. The van der Waals surface area contributed by atoms with Gasteiger partial charge in [0.05, 0.1) is 4.47 Å². The maximum Gasteiger partial charge on any atom is 0.137 e. The standard InChI is InChI=1S/C17H18BrF2N/c1-21-11-12(9-13-5-2-3-7-15(13)19)10-14-6-4-8-16(20)17(14)18/h2-8,12,21H,9-11H2,1H3. The first kappa shape index (κ1) is 16.1. The summed E-state index contributed by atoms with van der Waals surface area (Å²) in [6.07, 6.45) is 1.31. The lowest BCUT2D eigenvalue weighted by Crippen LogP contribution is -2.23. The maximum atomic E-state index is 13.8. The summed E-state index contributed by atoms with van der Waals surface area (Å²) in [5.41, 5.74) is 1.61. The first-order chi connectivity index (χ1) is 10.1. The van der Waals surface area contributed by atoms with Gasteiger partial charge in [0.15, 0.2) is 0 Å². The fourth-order valence-corrected chi connectivity index (χ4v) is 2.92. The van der Waals surface area contributed by atoms with Crippen LogP contribution in [0, 0.1) is 17.6 Å². The van der Waals surface area contributed by atoms with Crippen molar-refractivity contribution in [3.05, 3.63) is 69.7 Å². The first-order valence-electron chi connectivity index (χ1n) is 6.92. The van der Waals surface area contributed by atoms with Gasteiger partial charge in [-0.2, -0.15) is 0 Å². The summed E-state index contributed by atoms with van der Waals surface area (Å²) in [5.74, 6) is -0.247. The Kier molecular flexibility index (Phi) is 5.88. The van der Waals surface area contributed by atoms with E-state index < -0.39 is 0 Å². The van der Waals surface area contributed by atoms with E-state index in [1.165, 1.54) is 12.1 Å². The summed E-state index contributed by atoms with van der Waals surface area (Å²) < 4.78 is 27.9. The maximum absolute atomic E-state index is 13.8. The molecule has 0 bridgehead atoms. The van der Waals surface area contributed by atoms with Crippen LogP contribution in [-0.4, -0.2) is 13.6 Å². The highest BCUT2D eigenvalue weighted by molar-refractivity contribution is 9.10. The number of hydrogen-bond donors (Lipinski definition) is 1. The van der Waals surface area contributed by atoms with Crippen molar-refractivity contribution >= 4 is 15.9 Å². The third-order valence-electron chi connectivity index (χ3n) is 3.50. The molecular weight excluding hydrogens is 336 g/mol. The summed E-state index contributed by atoms with van der Waals surface area (Å²) in [4.78, 5) is 0. The summed E-state index contributed by atoms with van der Waals surface area (Å²) >= 11 is 3.29. The van der Waals surface area contributed by atoms with E-state index in [0.717, 1.165) is 12.1 Å². The molecule has 0 aromatic heterocycles. The number of hydrogen-bond acceptors (Lipinski definition) is 1. The molecule has 0 saturated heterocycles. The molecule has 2 rings (SSSR count). The van der Waals surface area contributed by atoms with Crippen LogP contribution in [-0.2, 0) is 12.8 Å². The highest BCUT2D eigenvalue weighted by atomic mass is 79.9. The summed E-state index contributed by atoms with van der Waals surface area (Å²) in [6.45, 7) is 0.747. The Morgan fingerprint density at radius 2 is 1.57 bits per heavy atom. The van der Waals surface area contributed by atoms with Gasteiger partial charge in [-0.1, -0.05) is 30.3 Å². The molecule has 0 spiro atoms. The van der Waals surface area contributed by atoms with Crippen molar-refractivity contribution < 1.29 is 8.78 Å². The first-order valence-corrected chi connectivity index (χ1v) is 7.72. The van der Waals surface area contributed by atoms with Crippen molar-refractivity contribution in [1.29, 1.82) is 0 Å². The van der Waals surface area contributed by atoms with Gasteiger partial charge in [0, 0.05) is 0 Å². The Morgan fingerprint density at radius 3 is 2.29 bits per heavy atom. The fraction of sp³-hybridized carbons (Fsp3) is 0.294. The van der Waals surface area contributed by atoms with E-state index in [1.807, 2.05) is 19.2 Å². The molecule has 0 aliphatic carbocycles. The van der Waals surface area contributed by atoms with Crippen LogP contribution in [0.4, 0.5) is 8.78 Å². The topological polar surface area (TPSA) is 12.0 Å². The lowest BCUT2D eigenvalue weighted by molar-refractivity contribution is 0.477. The highest BCUT2D eigenvalue weighted by Gasteiger charge is 2.15. The monoisotopic (exact) mass is 353 g/mol. The predicted molar refractivity (Wildman–Crippen MR) is 85.3 cm³/mol. The third-order valence-corrected chi connectivity index (χ3v) is 4.39. The Hall–Kier alpha value is -1.26. The summed E-state index contributed by atoms with van der Waals surface area (Å²) in [6, 6.07) is 11.8. The second-order valence-corrected chi connectivity index (χ2v) is 5.93. The van der Waals surface area contributed by atoms with Gasteiger partial charge in [-0.25, -0.2) is 8.78 Å². The van der Waals surface area contributed by atoms with Crippen molar-refractivity contribution in [2.75, 3.05) is 13.6 Å². The molecule has 112 valence electrons. The highest BCUT2D eigenvalue weighted by Crippen LogP contribution is 2.24. The minimum Gasteiger partial charge on any atom is -0.319 e. The zero-order chi connectivity index (χ0) is 15.2. The molecule has 4 heteroatoms. The normalized spacial score (nSPS) is 12.4. The molecule has 0 fully saturated rings. The Labute approximate surface area is 132 Å². The SMILES string of the molecule is CNCC(Cc1ccccc1F)Cc1cccc(F)c1Br. The van der Waals surface area contributed by atoms with Crippen LogP contribution in [0.5, 0.6) is 0 Å². The Balaban J connectivity index is 2.16. The predicted octanol–water partition coefficient (Wildman–Crippen LogP) is 4.35. The average molecular weight is 354 g/mol. The van der Waals surface area contributed by atoms with Crippen LogP contribution in [0.3, 0.4) is 0 Å². The third kappa shape index (κ3) is 4.35. The van der Waals surface area contributed by atoms with Gasteiger partial charge in [-0.15, -0.1) is 0 Å². The number of rotatable bonds is 6. The van der Waals surface area contributed by atoms with Crippen LogP contribution in [0.2, 0.25) is 0 Å². The van der Waals surface area contributed by atoms with Gasteiger partial charge < -0.3 is 5.32 Å². The van der Waals surface area contributed by atoms with Crippen molar-refractivity contribution in [3.8, 4) is 0 Å². The van der Waals surface area contributed by atoms with Crippen LogP contribution in [0.1, 0.15) is 11.1 Å². The van der Waals surface area contributed by atoms with E-state index in [1.54, 1.807) is 18.2 Å². The lowest BCUT2D eigenvalue weighted by Gasteiger charge is -2.18. The van der Waals surface area contributed by atoms with E-state index in [4.69, 9.17) is 0 Å². The zero-order valence-electron chi connectivity index (χ0n) is 11.9. The summed E-state index contributed by atoms with van der Waals surface area (Å²) in [5, 5.41) is 3.13. The quantitative estimate of drug-likeness (QED) is 0.813. The molecule has 0 saturated carbocycles. The molecule has 1 N–H and O–H groups in total. The lowest BCUT2D eigenvalue weighted by atomic mass is 9.92. The molecule has 2 aromatic carbocycles. The van der Waals surface area contributed by atoms with Gasteiger partial charge in [-0.3, -0.25) is 0 Å². The van der Waals surface area contributed by atoms with E-state index in [2.05, 4.69) is 21.2 Å². The van der Waals surface area contributed by atoms with Crippen LogP contribution in [0.25, 0.3) is 0 Å². The van der Waals surface area contributed by atoms with Gasteiger partial charge >= 0.3 is 0 Å². The molecule has 0 heterocycles.